The molecule has 4 heteroatoms. The van der Waals surface area contributed by atoms with Crippen LogP contribution in [-0.4, -0.2) is 16.2 Å². The Morgan fingerprint density at radius 1 is 1.39 bits per heavy atom. The molecule has 0 spiro atoms. The third-order valence-electron chi connectivity index (χ3n) is 3.21. The Morgan fingerprint density at radius 3 is 2.94 bits per heavy atom. The van der Waals surface area contributed by atoms with Gasteiger partial charge in [0.2, 0.25) is 0 Å². The molecule has 1 aliphatic heterocycles. The van der Waals surface area contributed by atoms with Crippen molar-refractivity contribution < 1.29 is 4.74 Å². The maximum absolute atomic E-state index is 11.3. The van der Waals surface area contributed by atoms with Crippen LogP contribution < -0.4 is 10.3 Å². The second-order valence-electron chi connectivity index (χ2n) is 4.54. The molecule has 1 aromatic heterocycles. The maximum Gasteiger partial charge on any atom is 0.300 e. The minimum absolute atomic E-state index is 0.218. The Kier molecular flexibility index (Phi) is 2.63. The van der Waals surface area contributed by atoms with Crippen LogP contribution in [0, 0.1) is 6.92 Å². The van der Waals surface area contributed by atoms with Crippen molar-refractivity contribution in [1.82, 2.24) is 9.55 Å². The van der Waals surface area contributed by atoms with E-state index in [0.29, 0.717) is 12.6 Å². The van der Waals surface area contributed by atoms with E-state index < -0.39 is 0 Å². The van der Waals surface area contributed by atoms with Crippen molar-refractivity contribution in [3.05, 3.63) is 58.0 Å². The third kappa shape index (κ3) is 1.90. The van der Waals surface area contributed by atoms with Crippen LogP contribution in [0.2, 0.25) is 0 Å². The molecule has 4 nitrogen and oxygen atoms in total. The van der Waals surface area contributed by atoms with Crippen molar-refractivity contribution in [3.63, 3.8) is 0 Å². The molecule has 3 rings (SSSR count). The number of hydrogen-bond donors (Lipinski definition) is 0. The summed E-state index contributed by atoms with van der Waals surface area (Å²) in [4.78, 5) is 15.2. The predicted octanol–water partition coefficient (Wildman–Crippen LogP) is 1.73. The van der Waals surface area contributed by atoms with Crippen LogP contribution in [0.1, 0.15) is 17.3 Å². The lowest BCUT2D eigenvalue weighted by Gasteiger charge is -2.14. The van der Waals surface area contributed by atoms with Gasteiger partial charge >= 0.3 is 0 Å². The van der Waals surface area contributed by atoms with E-state index in [2.05, 4.69) is 17.1 Å². The van der Waals surface area contributed by atoms with Gasteiger partial charge in [-0.15, -0.1) is 0 Å². The van der Waals surface area contributed by atoms with Gasteiger partial charge in [-0.25, -0.2) is 0 Å². The van der Waals surface area contributed by atoms with Crippen LogP contribution in [0.15, 0.2) is 41.2 Å². The molecule has 1 aliphatic rings. The van der Waals surface area contributed by atoms with E-state index in [1.165, 1.54) is 5.56 Å². The number of aromatic nitrogens is 2. The lowest BCUT2D eigenvalue weighted by Crippen LogP contribution is -2.16. The quantitative estimate of drug-likeness (QED) is 0.805. The highest BCUT2D eigenvalue weighted by Crippen LogP contribution is 2.27. The molecule has 1 atom stereocenters. The fraction of sp³-hybridized carbons (Fsp3) is 0.286. The zero-order valence-corrected chi connectivity index (χ0v) is 10.2. The summed E-state index contributed by atoms with van der Waals surface area (Å²) in [6.45, 7) is 2.49. The minimum Gasteiger partial charge on any atom is -0.462 e. The molecule has 0 saturated heterocycles. The number of ether oxygens (including phenoxy) is 1. The summed E-state index contributed by atoms with van der Waals surface area (Å²) < 4.78 is 7.51. The first kappa shape index (κ1) is 11.0. The lowest BCUT2D eigenvalue weighted by molar-refractivity contribution is 0.318. The molecule has 92 valence electrons. The van der Waals surface area contributed by atoms with Gasteiger partial charge < -0.3 is 4.74 Å². The van der Waals surface area contributed by atoms with Crippen LogP contribution in [0.25, 0.3) is 0 Å². The summed E-state index contributed by atoms with van der Waals surface area (Å²) in [6, 6.07) is 12.5. The first-order valence-corrected chi connectivity index (χ1v) is 6.01. The van der Waals surface area contributed by atoms with Crippen LogP contribution in [0.5, 0.6) is 6.01 Å². The average Bonchev–Trinajstić information content (AvgIpc) is 2.73. The van der Waals surface area contributed by atoms with Gasteiger partial charge in [0.1, 0.15) is 6.61 Å². The molecule has 2 heterocycles. The zero-order chi connectivity index (χ0) is 12.5. The predicted molar refractivity (Wildman–Crippen MR) is 67.9 cm³/mol. The van der Waals surface area contributed by atoms with Gasteiger partial charge in [0.05, 0.1) is 6.04 Å². The summed E-state index contributed by atoms with van der Waals surface area (Å²) in [5, 5.41) is 0. The van der Waals surface area contributed by atoms with E-state index in [1.807, 2.05) is 29.7 Å². The molecule has 0 saturated carbocycles. The number of hydrogen-bond acceptors (Lipinski definition) is 3. The van der Waals surface area contributed by atoms with E-state index >= 15 is 0 Å². The van der Waals surface area contributed by atoms with Crippen molar-refractivity contribution in [3.8, 4) is 6.01 Å². The lowest BCUT2D eigenvalue weighted by atomic mass is 10.1. The Bertz CT molecular complexity index is 619. The molecule has 0 bridgehead atoms. The van der Waals surface area contributed by atoms with Crippen molar-refractivity contribution in [1.29, 1.82) is 0 Å². The van der Waals surface area contributed by atoms with E-state index in [9.17, 15) is 4.79 Å². The van der Waals surface area contributed by atoms with Crippen molar-refractivity contribution in [2.75, 3.05) is 6.61 Å². The van der Waals surface area contributed by atoms with Crippen molar-refractivity contribution in [2.45, 2.75) is 19.4 Å². The van der Waals surface area contributed by atoms with E-state index in [-0.39, 0.29) is 11.6 Å². The van der Waals surface area contributed by atoms with Gasteiger partial charge in [-0.3, -0.25) is 9.36 Å². The molecular formula is C14H14N2O2. The highest BCUT2D eigenvalue weighted by Gasteiger charge is 2.25. The summed E-state index contributed by atoms with van der Waals surface area (Å²) in [5.41, 5.74) is 1.93. The summed E-state index contributed by atoms with van der Waals surface area (Å²) >= 11 is 0. The summed E-state index contributed by atoms with van der Waals surface area (Å²) in [6.07, 6.45) is 0.888. The van der Waals surface area contributed by atoms with Crippen LogP contribution in [0.4, 0.5) is 0 Å². The molecule has 0 N–H and O–H groups in total. The highest BCUT2D eigenvalue weighted by molar-refractivity contribution is 5.19. The third-order valence-corrected chi connectivity index (χ3v) is 3.21. The average molecular weight is 242 g/mol. The molecule has 0 aliphatic carbocycles. The first-order chi connectivity index (χ1) is 8.74. The van der Waals surface area contributed by atoms with E-state index in [0.717, 1.165) is 12.1 Å². The molecule has 0 fully saturated rings. The van der Waals surface area contributed by atoms with Gasteiger partial charge in [-0.2, -0.15) is 4.98 Å². The smallest absolute Gasteiger partial charge is 0.300 e. The topological polar surface area (TPSA) is 44.1 Å². The van der Waals surface area contributed by atoms with Gasteiger partial charge in [-0.1, -0.05) is 30.3 Å². The standard InChI is InChI=1S/C14H14N2O2/c1-10-7-13(17)15-14-16(10)12(9-18-14)8-11-5-3-2-4-6-11/h2-7,12H,8-9H2,1H3. The molecule has 0 radical (unpaired) electrons. The summed E-state index contributed by atoms with van der Waals surface area (Å²) in [7, 11) is 0. The fourth-order valence-electron chi connectivity index (χ4n) is 2.41. The highest BCUT2D eigenvalue weighted by atomic mass is 16.5. The Balaban J connectivity index is 1.93. The molecule has 1 unspecified atom stereocenters. The van der Waals surface area contributed by atoms with Crippen LogP contribution in [0.3, 0.4) is 0 Å². The van der Waals surface area contributed by atoms with Gasteiger partial charge in [0, 0.05) is 11.8 Å². The monoisotopic (exact) mass is 242 g/mol. The Hall–Kier alpha value is -2.10. The van der Waals surface area contributed by atoms with Crippen LogP contribution in [-0.2, 0) is 6.42 Å². The molecular weight excluding hydrogens is 228 g/mol. The number of fused-ring (bicyclic) bond motifs is 1. The molecule has 2 aromatic rings. The van der Waals surface area contributed by atoms with Crippen LogP contribution >= 0.6 is 0 Å². The molecule has 1 aromatic carbocycles. The Labute approximate surface area is 105 Å². The SMILES string of the molecule is Cc1cc(=O)nc2n1C(Cc1ccccc1)CO2. The first-order valence-electron chi connectivity index (χ1n) is 6.01. The molecule has 18 heavy (non-hydrogen) atoms. The van der Waals surface area contributed by atoms with E-state index in [1.54, 1.807) is 6.07 Å². The van der Waals surface area contributed by atoms with Gasteiger partial charge in [0.15, 0.2) is 0 Å². The number of aryl methyl sites for hydroxylation is 1. The Morgan fingerprint density at radius 2 is 2.17 bits per heavy atom. The largest absolute Gasteiger partial charge is 0.462 e. The fourth-order valence-corrected chi connectivity index (χ4v) is 2.41. The number of rotatable bonds is 2. The van der Waals surface area contributed by atoms with Gasteiger partial charge in [-0.05, 0) is 18.9 Å². The minimum atomic E-state index is -0.237. The second kappa shape index (κ2) is 4.29. The van der Waals surface area contributed by atoms with Gasteiger partial charge in [0.25, 0.3) is 11.6 Å². The molecule has 0 amide bonds. The zero-order valence-electron chi connectivity index (χ0n) is 10.2. The van der Waals surface area contributed by atoms with Crippen molar-refractivity contribution in [2.24, 2.45) is 0 Å². The van der Waals surface area contributed by atoms with Crippen molar-refractivity contribution >= 4 is 0 Å². The summed E-state index contributed by atoms with van der Waals surface area (Å²) in [5.74, 6) is 0. The maximum atomic E-state index is 11.3. The normalized spacial score (nSPS) is 17.3. The number of nitrogens with zero attached hydrogens (tertiary/aromatic N) is 2. The second-order valence-corrected chi connectivity index (χ2v) is 4.54. The van der Waals surface area contributed by atoms with E-state index in [4.69, 9.17) is 4.74 Å². The number of benzene rings is 1.